The van der Waals surface area contributed by atoms with Crippen molar-refractivity contribution >= 4 is 16.9 Å². The van der Waals surface area contributed by atoms with Gasteiger partial charge in [0.05, 0.1) is 11.0 Å². The Morgan fingerprint density at radius 2 is 1.69 bits per heavy atom. The number of carbonyl (C=O) groups excluding carboxylic acids is 1. The molecule has 0 spiro atoms. The van der Waals surface area contributed by atoms with Gasteiger partial charge in [-0.15, -0.1) is 0 Å². The fourth-order valence-corrected chi connectivity index (χ4v) is 4.08. The zero-order valence-electron chi connectivity index (χ0n) is 19.0. The number of fused-ring (bicyclic) bond motifs is 1. The average molecular weight is 427 g/mol. The zero-order chi connectivity index (χ0) is 22.5. The highest BCUT2D eigenvalue weighted by molar-refractivity contribution is 5.81. The van der Waals surface area contributed by atoms with Crippen molar-refractivity contribution in [3.05, 3.63) is 89.7 Å². The molecule has 1 N–H and O–H groups in total. The summed E-state index contributed by atoms with van der Waals surface area (Å²) >= 11 is 0. The second-order valence-electron chi connectivity index (χ2n) is 8.33. The fraction of sp³-hybridized carbons (Fsp3) is 0.259. The van der Waals surface area contributed by atoms with Gasteiger partial charge in [-0.1, -0.05) is 67.6 Å². The predicted octanol–water partition coefficient (Wildman–Crippen LogP) is 4.64. The summed E-state index contributed by atoms with van der Waals surface area (Å²) in [5, 5.41) is 3.11. The van der Waals surface area contributed by atoms with Crippen molar-refractivity contribution in [1.29, 1.82) is 0 Å². The Kier molecular flexibility index (Phi) is 6.66. The van der Waals surface area contributed by atoms with E-state index in [1.54, 1.807) is 0 Å². The van der Waals surface area contributed by atoms with Crippen LogP contribution >= 0.6 is 0 Å². The number of carbonyl (C=O) groups is 1. The highest BCUT2D eigenvalue weighted by Gasteiger charge is 2.13. The maximum Gasteiger partial charge on any atom is 0.240 e. The lowest BCUT2D eigenvalue weighted by molar-refractivity contribution is -0.121. The fourth-order valence-electron chi connectivity index (χ4n) is 4.08. The Bertz CT molecular complexity index is 1210. The summed E-state index contributed by atoms with van der Waals surface area (Å²) in [6.45, 7) is 3.74. The Balaban J connectivity index is 1.48. The number of hydrogen-bond acceptors (Lipinski definition) is 3. The molecule has 0 unspecified atom stereocenters. The summed E-state index contributed by atoms with van der Waals surface area (Å²) in [7, 11) is 4.14. The lowest BCUT2D eigenvalue weighted by Crippen LogP contribution is -2.28. The van der Waals surface area contributed by atoms with E-state index in [1.807, 2.05) is 41.0 Å². The third kappa shape index (κ3) is 4.89. The van der Waals surface area contributed by atoms with Crippen LogP contribution in [0.5, 0.6) is 0 Å². The molecule has 0 aliphatic rings. The molecule has 1 aromatic heterocycles. The van der Waals surface area contributed by atoms with Crippen LogP contribution in [0.2, 0.25) is 0 Å². The SMILES string of the molecule is CCc1nc2ccccc2n1CC(=O)NCc1ccccc1-c1ccc(CN(C)C)cc1. The summed E-state index contributed by atoms with van der Waals surface area (Å²) in [5.74, 6) is 0.915. The second-order valence-corrected chi connectivity index (χ2v) is 8.33. The number of para-hydroxylation sites is 2. The van der Waals surface area contributed by atoms with Gasteiger partial charge in [-0.2, -0.15) is 0 Å². The predicted molar refractivity (Wildman–Crippen MR) is 130 cm³/mol. The van der Waals surface area contributed by atoms with Crippen LogP contribution in [0.3, 0.4) is 0 Å². The standard InChI is InChI=1S/C27H30N4O/c1-4-26-29-24-11-7-8-12-25(24)31(26)19-27(32)28-17-22-9-5-6-10-23(22)21-15-13-20(14-16-21)18-30(2)3/h5-16H,4,17-19H2,1-3H3,(H,28,32). The molecule has 5 heteroatoms. The Hall–Kier alpha value is -3.44. The maximum absolute atomic E-state index is 12.8. The molecule has 0 aliphatic carbocycles. The number of imidazole rings is 1. The number of nitrogens with zero attached hydrogens (tertiary/aromatic N) is 3. The highest BCUT2D eigenvalue weighted by Crippen LogP contribution is 2.24. The first kappa shape index (κ1) is 21.8. The van der Waals surface area contributed by atoms with E-state index >= 15 is 0 Å². The Labute approximate surface area is 189 Å². The number of rotatable bonds is 8. The monoisotopic (exact) mass is 426 g/mol. The molecule has 0 saturated heterocycles. The summed E-state index contributed by atoms with van der Waals surface area (Å²) in [5.41, 5.74) is 6.62. The van der Waals surface area contributed by atoms with Crippen LogP contribution in [0.25, 0.3) is 22.2 Å². The molecule has 0 saturated carbocycles. The zero-order valence-corrected chi connectivity index (χ0v) is 19.0. The van der Waals surface area contributed by atoms with Crippen LogP contribution in [-0.4, -0.2) is 34.5 Å². The van der Waals surface area contributed by atoms with Gasteiger partial charge in [0.25, 0.3) is 0 Å². The molecule has 164 valence electrons. The number of benzene rings is 3. The van der Waals surface area contributed by atoms with Crippen molar-refractivity contribution in [2.45, 2.75) is 33.0 Å². The molecule has 0 bridgehead atoms. The first-order valence-corrected chi connectivity index (χ1v) is 11.1. The third-order valence-electron chi connectivity index (χ3n) is 5.61. The Morgan fingerprint density at radius 3 is 2.44 bits per heavy atom. The van der Waals surface area contributed by atoms with Gasteiger partial charge in [0, 0.05) is 19.5 Å². The number of aromatic nitrogens is 2. The molecule has 5 nitrogen and oxygen atoms in total. The molecule has 4 aromatic rings. The van der Waals surface area contributed by atoms with E-state index in [2.05, 4.69) is 72.6 Å². The van der Waals surface area contributed by atoms with Crippen molar-refractivity contribution in [2.75, 3.05) is 14.1 Å². The minimum atomic E-state index is -0.0148. The molecule has 0 radical (unpaired) electrons. The number of amides is 1. The van der Waals surface area contributed by atoms with Crippen molar-refractivity contribution in [1.82, 2.24) is 19.8 Å². The van der Waals surface area contributed by atoms with E-state index < -0.39 is 0 Å². The van der Waals surface area contributed by atoms with E-state index in [0.29, 0.717) is 6.54 Å². The first-order chi connectivity index (χ1) is 15.5. The van der Waals surface area contributed by atoms with Gasteiger partial charge in [0.2, 0.25) is 5.91 Å². The van der Waals surface area contributed by atoms with E-state index in [9.17, 15) is 4.79 Å². The molecule has 0 aliphatic heterocycles. The van der Waals surface area contributed by atoms with Crippen LogP contribution in [0.4, 0.5) is 0 Å². The van der Waals surface area contributed by atoms with Gasteiger partial charge in [-0.3, -0.25) is 4.79 Å². The van der Waals surface area contributed by atoms with E-state index in [0.717, 1.165) is 46.5 Å². The van der Waals surface area contributed by atoms with Crippen molar-refractivity contribution in [2.24, 2.45) is 0 Å². The van der Waals surface area contributed by atoms with Crippen LogP contribution in [0.15, 0.2) is 72.8 Å². The van der Waals surface area contributed by atoms with Crippen molar-refractivity contribution in [3.8, 4) is 11.1 Å². The summed E-state index contributed by atoms with van der Waals surface area (Å²) < 4.78 is 2.01. The lowest BCUT2D eigenvalue weighted by atomic mass is 9.98. The minimum Gasteiger partial charge on any atom is -0.350 e. The van der Waals surface area contributed by atoms with Crippen LogP contribution in [0, 0.1) is 0 Å². The van der Waals surface area contributed by atoms with Crippen LogP contribution < -0.4 is 5.32 Å². The number of hydrogen-bond donors (Lipinski definition) is 1. The smallest absolute Gasteiger partial charge is 0.240 e. The summed E-state index contributed by atoms with van der Waals surface area (Å²) in [6.07, 6.45) is 0.786. The molecule has 3 aromatic carbocycles. The van der Waals surface area contributed by atoms with Crippen LogP contribution in [0.1, 0.15) is 23.9 Å². The lowest BCUT2D eigenvalue weighted by Gasteiger charge is -2.14. The molecule has 1 amide bonds. The normalized spacial score (nSPS) is 11.2. The maximum atomic E-state index is 12.8. The quantitative estimate of drug-likeness (QED) is 0.446. The number of nitrogens with one attached hydrogen (secondary N) is 1. The largest absolute Gasteiger partial charge is 0.350 e. The average Bonchev–Trinajstić information content (AvgIpc) is 3.15. The van der Waals surface area contributed by atoms with E-state index in [-0.39, 0.29) is 12.5 Å². The van der Waals surface area contributed by atoms with E-state index in [4.69, 9.17) is 0 Å². The third-order valence-corrected chi connectivity index (χ3v) is 5.61. The molecular formula is C27H30N4O. The van der Waals surface area contributed by atoms with Gasteiger partial charge in [-0.25, -0.2) is 4.98 Å². The van der Waals surface area contributed by atoms with Crippen molar-refractivity contribution in [3.63, 3.8) is 0 Å². The van der Waals surface area contributed by atoms with Crippen LogP contribution in [-0.2, 0) is 30.8 Å². The molecule has 1 heterocycles. The van der Waals surface area contributed by atoms with Gasteiger partial charge >= 0.3 is 0 Å². The topological polar surface area (TPSA) is 50.2 Å². The molecule has 4 rings (SSSR count). The van der Waals surface area contributed by atoms with Gasteiger partial charge in [0.15, 0.2) is 0 Å². The molecule has 0 fully saturated rings. The molecule has 32 heavy (non-hydrogen) atoms. The van der Waals surface area contributed by atoms with Crippen molar-refractivity contribution < 1.29 is 4.79 Å². The summed E-state index contributed by atoms with van der Waals surface area (Å²) in [6, 6.07) is 24.9. The van der Waals surface area contributed by atoms with Gasteiger partial charge < -0.3 is 14.8 Å². The molecule has 0 atom stereocenters. The minimum absolute atomic E-state index is 0.0148. The first-order valence-electron chi connectivity index (χ1n) is 11.1. The molecular weight excluding hydrogens is 396 g/mol. The van der Waals surface area contributed by atoms with E-state index in [1.165, 1.54) is 5.56 Å². The van der Waals surface area contributed by atoms with Gasteiger partial charge in [-0.05, 0) is 48.5 Å². The number of aryl methyl sites for hydroxylation is 1. The Morgan fingerprint density at radius 1 is 0.969 bits per heavy atom. The second kappa shape index (κ2) is 9.79. The van der Waals surface area contributed by atoms with Gasteiger partial charge in [0.1, 0.15) is 12.4 Å². The summed E-state index contributed by atoms with van der Waals surface area (Å²) in [4.78, 5) is 19.6. The highest BCUT2D eigenvalue weighted by atomic mass is 16.1.